The maximum atomic E-state index is 12.0. The van der Waals surface area contributed by atoms with Gasteiger partial charge in [0, 0.05) is 23.6 Å². The van der Waals surface area contributed by atoms with Crippen LogP contribution in [-0.2, 0) is 16.1 Å². The molecule has 0 radical (unpaired) electrons. The van der Waals surface area contributed by atoms with Gasteiger partial charge in [-0.25, -0.2) is 0 Å². The van der Waals surface area contributed by atoms with Crippen molar-refractivity contribution >= 4 is 16.8 Å². The molecule has 3 rings (SSSR count). The molecule has 2 N–H and O–H groups in total. The Morgan fingerprint density at radius 3 is 2.95 bits per heavy atom. The average Bonchev–Trinajstić information content (AvgIpc) is 2.79. The second kappa shape index (κ2) is 4.41. The standard InChI is InChI=1S/C14H13N3O2/c15-7-14(8-19-9-14)13(18)17-6-10-5-16-12-4-2-1-3-11(10)12/h1-5,16H,6,8-9H2,(H,17,18). The van der Waals surface area contributed by atoms with Crippen LogP contribution in [0.5, 0.6) is 0 Å². The lowest BCUT2D eigenvalue weighted by Crippen LogP contribution is -2.52. The predicted molar refractivity (Wildman–Crippen MR) is 69.0 cm³/mol. The minimum atomic E-state index is -0.994. The first-order valence-electron chi connectivity index (χ1n) is 6.07. The van der Waals surface area contributed by atoms with E-state index in [0.29, 0.717) is 6.54 Å². The Hall–Kier alpha value is -2.32. The number of amides is 1. The Morgan fingerprint density at radius 2 is 2.26 bits per heavy atom. The van der Waals surface area contributed by atoms with E-state index in [-0.39, 0.29) is 19.1 Å². The molecule has 0 spiro atoms. The molecule has 0 saturated carbocycles. The van der Waals surface area contributed by atoms with Crippen LogP contribution in [0.1, 0.15) is 5.56 Å². The third-order valence-electron chi connectivity index (χ3n) is 3.46. The second-order valence-corrected chi connectivity index (χ2v) is 4.73. The summed E-state index contributed by atoms with van der Waals surface area (Å²) < 4.78 is 4.97. The number of rotatable bonds is 3. The first-order chi connectivity index (χ1) is 9.25. The normalized spacial score (nSPS) is 16.6. The zero-order valence-corrected chi connectivity index (χ0v) is 10.3. The molecule has 1 aromatic heterocycles. The van der Waals surface area contributed by atoms with Gasteiger partial charge in [-0.15, -0.1) is 0 Å². The molecule has 2 aromatic rings. The maximum absolute atomic E-state index is 12.0. The summed E-state index contributed by atoms with van der Waals surface area (Å²) in [6.07, 6.45) is 1.88. The number of carbonyl (C=O) groups excluding carboxylic acids is 1. The topological polar surface area (TPSA) is 77.9 Å². The molecule has 1 amide bonds. The molecule has 19 heavy (non-hydrogen) atoms. The van der Waals surface area contributed by atoms with E-state index in [2.05, 4.69) is 10.3 Å². The van der Waals surface area contributed by atoms with Crippen molar-refractivity contribution in [1.29, 1.82) is 5.26 Å². The third kappa shape index (κ3) is 1.86. The summed E-state index contributed by atoms with van der Waals surface area (Å²) in [6.45, 7) is 0.777. The summed E-state index contributed by atoms with van der Waals surface area (Å²) >= 11 is 0. The Labute approximate surface area is 110 Å². The molecular formula is C14H13N3O2. The minimum Gasteiger partial charge on any atom is -0.377 e. The Bertz CT molecular complexity index is 665. The summed E-state index contributed by atoms with van der Waals surface area (Å²) in [5, 5.41) is 12.9. The number of nitrogens with one attached hydrogen (secondary N) is 2. The molecule has 0 bridgehead atoms. The number of carbonyl (C=O) groups is 1. The van der Waals surface area contributed by atoms with Crippen molar-refractivity contribution in [3.8, 4) is 6.07 Å². The monoisotopic (exact) mass is 255 g/mol. The van der Waals surface area contributed by atoms with Gasteiger partial charge in [0.1, 0.15) is 0 Å². The molecule has 5 nitrogen and oxygen atoms in total. The zero-order chi connectivity index (χ0) is 13.3. The Kier molecular flexibility index (Phi) is 2.73. The zero-order valence-electron chi connectivity index (χ0n) is 10.3. The van der Waals surface area contributed by atoms with Crippen LogP contribution in [-0.4, -0.2) is 24.1 Å². The summed E-state index contributed by atoms with van der Waals surface area (Å²) in [5.41, 5.74) is 1.05. The molecule has 1 saturated heterocycles. The highest BCUT2D eigenvalue weighted by Gasteiger charge is 2.46. The second-order valence-electron chi connectivity index (χ2n) is 4.73. The fourth-order valence-corrected chi connectivity index (χ4v) is 2.18. The summed E-state index contributed by atoms with van der Waals surface area (Å²) in [4.78, 5) is 15.1. The molecule has 96 valence electrons. The van der Waals surface area contributed by atoms with Gasteiger partial charge in [0.25, 0.3) is 0 Å². The fraction of sp³-hybridized carbons (Fsp3) is 0.286. The summed E-state index contributed by atoms with van der Waals surface area (Å²) in [7, 11) is 0. The van der Waals surface area contributed by atoms with E-state index in [9.17, 15) is 4.79 Å². The van der Waals surface area contributed by atoms with E-state index in [1.807, 2.05) is 36.5 Å². The highest BCUT2D eigenvalue weighted by molar-refractivity contribution is 5.88. The van der Waals surface area contributed by atoms with E-state index in [4.69, 9.17) is 10.00 Å². The van der Waals surface area contributed by atoms with Crippen LogP contribution in [0.15, 0.2) is 30.5 Å². The van der Waals surface area contributed by atoms with E-state index in [1.54, 1.807) is 0 Å². The van der Waals surface area contributed by atoms with E-state index in [0.717, 1.165) is 16.5 Å². The fourth-order valence-electron chi connectivity index (χ4n) is 2.18. The molecule has 2 heterocycles. The van der Waals surface area contributed by atoms with Gasteiger partial charge in [0.2, 0.25) is 5.91 Å². The highest BCUT2D eigenvalue weighted by Crippen LogP contribution is 2.27. The number of hydrogen-bond acceptors (Lipinski definition) is 3. The van der Waals surface area contributed by atoms with Gasteiger partial charge >= 0.3 is 0 Å². The van der Waals surface area contributed by atoms with Crippen LogP contribution in [0.3, 0.4) is 0 Å². The average molecular weight is 255 g/mol. The molecular weight excluding hydrogens is 242 g/mol. The van der Waals surface area contributed by atoms with Crippen molar-refractivity contribution in [3.63, 3.8) is 0 Å². The van der Waals surface area contributed by atoms with Gasteiger partial charge in [0.15, 0.2) is 5.41 Å². The van der Waals surface area contributed by atoms with Crippen LogP contribution in [0.4, 0.5) is 0 Å². The van der Waals surface area contributed by atoms with Crippen molar-refractivity contribution in [2.75, 3.05) is 13.2 Å². The quantitative estimate of drug-likeness (QED) is 0.868. The van der Waals surface area contributed by atoms with Gasteiger partial charge in [-0.05, 0) is 11.6 Å². The number of ether oxygens (including phenoxy) is 1. The molecule has 1 aliphatic heterocycles. The highest BCUT2D eigenvalue weighted by atomic mass is 16.5. The third-order valence-corrected chi connectivity index (χ3v) is 3.46. The van der Waals surface area contributed by atoms with Crippen LogP contribution in [0.2, 0.25) is 0 Å². The molecule has 0 aliphatic carbocycles. The summed E-state index contributed by atoms with van der Waals surface area (Å²) in [5.74, 6) is -0.258. The summed E-state index contributed by atoms with van der Waals surface area (Å²) in [6, 6.07) is 9.93. The van der Waals surface area contributed by atoms with E-state index >= 15 is 0 Å². The van der Waals surface area contributed by atoms with Crippen LogP contribution in [0.25, 0.3) is 10.9 Å². The minimum absolute atomic E-state index is 0.184. The number of nitriles is 1. The van der Waals surface area contributed by atoms with E-state index < -0.39 is 5.41 Å². The first-order valence-corrected chi connectivity index (χ1v) is 6.07. The van der Waals surface area contributed by atoms with Crippen molar-refractivity contribution < 1.29 is 9.53 Å². The largest absolute Gasteiger partial charge is 0.377 e. The van der Waals surface area contributed by atoms with Crippen LogP contribution in [0, 0.1) is 16.7 Å². The number of aromatic nitrogens is 1. The molecule has 1 aliphatic rings. The number of benzene rings is 1. The number of nitrogens with zero attached hydrogens (tertiary/aromatic N) is 1. The van der Waals surface area contributed by atoms with E-state index in [1.165, 1.54) is 0 Å². The van der Waals surface area contributed by atoms with Gasteiger partial charge in [-0.3, -0.25) is 4.79 Å². The maximum Gasteiger partial charge on any atom is 0.245 e. The Morgan fingerprint density at radius 1 is 1.47 bits per heavy atom. The lowest BCUT2D eigenvalue weighted by Gasteiger charge is -2.33. The van der Waals surface area contributed by atoms with Gasteiger partial charge < -0.3 is 15.0 Å². The SMILES string of the molecule is N#CC1(C(=O)NCc2c[nH]c3ccccc23)COC1. The first kappa shape index (κ1) is 11.8. The lowest BCUT2D eigenvalue weighted by atomic mass is 9.87. The smallest absolute Gasteiger partial charge is 0.245 e. The molecule has 0 atom stereocenters. The van der Waals surface area contributed by atoms with Crippen LogP contribution >= 0.6 is 0 Å². The molecule has 1 aromatic carbocycles. The molecule has 5 heteroatoms. The van der Waals surface area contributed by atoms with Crippen molar-refractivity contribution in [2.45, 2.75) is 6.54 Å². The molecule has 1 fully saturated rings. The lowest BCUT2D eigenvalue weighted by molar-refractivity contribution is -0.150. The number of aromatic amines is 1. The number of hydrogen-bond donors (Lipinski definition) is 2. The van der Waals surface area contributed by atoms with Gasteiger partial charge in [0.05, 0.1) is 19.3 Å². The van der Waals surface area contributed by atoms with Crippen molar-refractivity contribution in [2.24, 2.45) is 5.41 Å². The molecule has 0 unspecified atom stereocenters. The van der Waals surface area contributed by atoms with Crippen molar-refractivity contribution in [1.82, 2.24) is 10.3 Å². The predicted octanol–water partition coefficient (Wildman–Crippen LogP) is 1.32. The number of para-hydroxylation sites is 1. The van der Waals surface area contributed by atoms with Gasteiger partial charge in [-0.1, -0.05) is 18.2 Å². The van der Waals surface area contributed by atoms with Crippen molar-refractivity contribution in [3.05, 3.63) is 36.0 Å². The van der Waals surface area contributed by atoms with Crippen LogP contribution < -0.4 is 5.32 Å². The Balaban J connectivity index is 1.73. The number of fused-ring (bicyclic) bond motifs is 1. The number of H-pyrrole nitrogens is 1. The van der Waals surface area contributed by atoms with Gasteiger partial charge in [-0.2, -0.15) is 5.26 Å².